The Labute approximate surface area is 237 Å². The summed E-state index contributed by atoms with van der Waals surface area (Å²) in [6, 6.07) is 14.6. The predicted octanol–water partition coefficient (Wildman–Crippen LogP) is 4.81. The van der Waals surface area contributed by atoms with Gasteiger partial charge in [0.2, 0.25) is 0 Å². The second-order valence-electron chi connectivity index (χ2n) is 11.1. The monoisotopic (exact) mass is 565 g/mol. The third kappa shape index (κ3) is 5.82. The number of carbonyl (C=O) groups is 1. The van der Waals surface area contributed by atoms with Gasteiger partial charge in [-0.3, -0.25) is 9.69 Å². The van der Waals surface area contributed by atoms with Crippen molar-refractivity contribution in [3.63, 3.8) is 0 Å². The fourth-order valence-corrected chi connectivity index (χ4v) is 8.36. The number of ether oxygens (including phenoxy) is 1. The van der Waals surface area contributed by atoms with Crippen LogP contribution in [0.25, 0.3) is 11.3 Å². The molecule has 2 atom stereocenters. The molecule has 3 aromatic rings. The SMILES string of the molecule is Cc1cc(CN2CC[S+]([O-])CC2)ccc1COc1ccccc1-c1csc(N2CC3CCC(C2)C3C(=O)O)n1. The smallest absolute Gasteiger partial charge is 0.307 e. The summed E-state index contributed by atoms with van der Waals surface area (Å²) in [6.45, 7) is 6.84. The lowest BCUT2D eigenvalue weighted by Gasteiger charge is -2.35. The van der Waals surface area contributed by atoms with Crippen molar-refractivity contribution in [2.45, 2.75) is 32.9 Å². The molecular formula is C30H35N3O4S2. The maximum absolute atomic E-state index is 11.7. The number of anilines is 1. The van der Waals surface area contributed by atoms with Crippen LogP contribution in [0.15, 0.2) is 47.8 Å². The van der Waals surface area contributed by atoms with E-state index < -0.39 is 17.1 Å². The molecule has 3 fully saturated rings. The molecule has 1 aliphatic carbocycles. The molecule has 0 amide bonds. The van der Waals surface area contributed by atoms with Gasteiger partial charge in [0, 0.05) is 43.7 Å². The third-order valence-electron chi connectivity index (χ3n) is 8.51. The second-order valence-corrected chi connectivity index (χ2v) is 13.6. The number of aromatic nitrogens is 1. The summed E-state index contributed by atoms with van der Waals surface area (Å²) < 4.78 is 18.0. The summed E-state index contributed by atoms with van der Waals surface area (Å²) in [6.07, 6.45) is 1.99. The van der Waals surface area contributed by atoms with Crippen LogP contribution >= 0.6 is 11.3 Å². The van der Waals surface area contributed by atoms with Crippen LogP contribution in [0, 0.1) is 24.7 Å². The van der Waals surface area contributed by atoms with Crippen molar-refractivity contribution >= 4 is 33.6 Å². The first-order valence-corrected chi connectivity index (χ1v) is 16.1. The normalized spacial score (nSPS) is 23.7. The minimum absolute atomic E-state index is 0.205. The van der Waals surface area contributed by atoms with Gasteiger partial charge in [0.1, 0.15) is 23.9 Å². The molecule has 1 saturated carbocycles. The van der Waals surface area contributed by atoms with E-state index in [2.05, 4.69) is 46.4 Å². The molecule has 2 aliphatic heterocycles. The maximum Gasteiger partial charge on any atom is 0.307 e. The van der Waals surface area contributed by atoms with Crippen molar-refractivity contribution < 1.29 is 19.2 Å². The van der Waals surface area contributed by atoms with Crippen molar-refractivity contribution in [2.75, 3.05) is 42.6 Å². The van der Waals surface area contributed by atoms with E-state index >= 15 is 0 Å². The summed E-state index contributed by atoms with van der Waals surface area (Å²) in [5.74, 6) is 1.93. The number of hydrogen-bond acceptors (Lipinski definition) is 7. The number of carboxylic acids is 1. The number of piperidine rings is 1. The lowest BCUT2D eigenvalue weighted by Crippen LogP contribution is -2.44. The first-order valence-electron chi connectivity index (χ1n) is 13.8. The van der Waals surface area contributed by atoms with Crippen LogP contribution in [-0.2, 0) is 29.1 Å². The van der Waals surface area contributed by atoms with Crippen LogP contribution in [0.4, 0.5) is 5.13 Å². The van der Waals surface area contributed by atoms with Gasteiger partial charge in [-0.2, -0.15) is 0 Å². The molecule has 0 radical (unpaired) electrons. The van der Waals surface area contributed by atoms with Crippen molar-refractivity contribution in [1.29, 1.82) is 0 Å². The third-order valence-corrected chi connectivity index (χ3v) is 10.7. The standard InChI is InChI=1S/C30H35N3O4S2/c1-20-14-21(15-32-10-12-39(36)13-11-32)6-7-24(20)18-37-27-5-3-2-4-25(27)26-19-38-30(31-26)33-16-22-8-9-23(17-33)28(22)29(34)35/h2-7,14,19,22-23,28H,8-13,15-18H2,1H3,(H,34,35). The average molecular weight is 566 g/mol. The number of benzene rings is 2. The van der Waals surface area contributed by atoms with Crippen molar-refractivity contribution in [3.8, 4) is 17.0 Å². The minimum Gasteiger partial charge on any atom is -0.616 e. The Morgan fingerprint density at radius 3 is 2.62 bits per heavy atom. The van der Waals surface area contributed by atoms with Crippen molar-refractivity contribution in [2.24, 2.45) is 17.8 Å². The first-order chi connectivity index (χ1) is 18.9. The minimum atomic E-state index is -0.651. The molecule has 2 unspecified atom stereocenters. The summed E-state index contributed by atoms with van der Waals surface area (Å²) in [4.78, 5) is 21.4. The van der Waals surface area contributed by atoms with Crippen LogP contribution in [0.3, 0.4) is 0 Å². The van der Waals surface area contributed by atoms with Gasteiger partial charge in [-0.1, -0.05) is 41.5 Å². The Kier molecular flexibility index (Phi) is 7.84. The average Bonchev–Trinajstić information content (AvgIpc) is 3.52. The molecule has 6 rings (SSSR count). The molecule has 2 saturated heterocycles. The Balaban J connectivity index is 1.11. The van der Waals surface area contributed by atoms with E-state index in [0.29, 0.717) is 6.61 Å². The Hall–Kier alpha value is -2.59. The quantitative estimate of drug-likeness (QED) is 0.392. The fraction of sp³-hybridized carbons (Fsp3) is 0.467. The van der Waals surface area contributed by atoms with Gasteiger partial charge in [0.25, 0.3) is 0 Å². The molecule has 1 N–H and O–H groups in total. The lowest BCUT2D eigenvalue weighted by molar-refractivity contribution is -0.144. The van der Waals surface area contributed by atoms with Gasteiger partial charge >= 0.3 is 5.97 Å². The zero-order chi connectivity index (χ0) is 26.9. The summed E-state index contributed by atoms with van der Waals surface area (Å²) in [5.41, 5.74) is 5.51. The summed E-state index contributed by atoms with van der Waals surface area (Å²) in [5, 5.41) is 12.7. The van der Waals surface area contributed by atoms with E-state index in [-0.39, 0.29) is 17.8 Å². The molecule has 3 heterocycles. The molecule has 1 aromatic heterocycles. The van der Waals surface area contributed by atoms with Crippen LogP contribution in [-0.4, -0.2) is 63.2 Å². The topological polar surface area (TPSA) is 89.0 Å². The molecule has 0 spiro atoms. The fourth-order valence-electron chi connectivity index (χ4n) is 6.39. The highest BCUT2D eigenvalue weighted by molar-refractivity contribution is 7.91. The highest BCUT2D eigenvalue weighted by atomic mass is 32.2. The molecule has 2 aromatic carbocycles. The lowest BCUT2D eigenvalue weighted by atomic mass is 9.85. The van der Waals surface area contributed by atoms with E-state index in [4.69, 9.17) is 9.72 Å². The van der Waals surface area contributed by atoms with E-state index in [1.165, 1.54) is 11.1 Å². The summed E-state index contributed by atoms with van der Waals surface area (Å²) in [7, 11) is 0. The Morgan fingerprint density at radius 1 is 1.15 bits per heavy atom. The number of thiazole rings is 1. The Morgan fingerprint density at radius 2 is 1.90 bits per heavy atom. The van der Waals surface area contributed by atoms with Crippen LogP contribution in [0.1, 0.15) is 29.5 Å². The van der Waals surface area contributed by atoms with Gasteiger partial charge in [-0.25, -0.2) is 4.98 Å². The highest BCUT2D eigenvalue weighted by Gasteiger charge is 2.46. The molecular weight excluding hydrogens is 530 g/mol. The highest BCUT2D eigenvalue weighted by Crippen LogP contribution is 2.44. The van der Waals surface area contributed by atoms with Gasteiger partial charge in [-0.05, 0) is 60.4 Å². The predicted molar refractivity (Wildman–Crippen MR) is 156 cm³/mol. The van der Waals surface area contributed by atoms with E-state index in [0.717, 1.165) is 84.8 Å². The molecule has 206 valence electrons. The van der Waals surface area contributed by atoms with Gasteiger partial charge in [-0.15, -0.1) is 11.3 Å². The number of aliphatic carboxylic acids is 1. The zero-order valence-corrected chi connectivity index (χ0v) is 23.9. The van der Waals surface area contributed by atoms with E-state index in [1.54, 1.807) is 11.3 Å². The van der Waals surface area contributed by atoms with E-state index in [9.17, 15) is 14.5 Å². The molecule has 2 bridgehead atoms. The number of hydrogen-bond donors (Lipinski definition) is 1. The second kappa shape index (κ2) is 11.5. The molecule has 7 nitrogen and oxygen atoms in total. The number of rotatable bonds is 8. The molecule has 9 heteroatoms. The van der Waals surface area contributed by atoms with Gasteiger partial charge in [0.15, 0.2) is 5.13 Å². The van der Waals surface area contributed by atoms with Crippen LogP contribution in [0.5, 0.6) is 5.75 Å². The maximum atomic E-state index is 11.7. The number of fused-ring (bicyclic) bond motifs is 2. The van der Waals surface area contributed by atoms with Crippen LogP contribution in [0.2, 0.25) is 0 Å². The molecule has 3 aliphatic rings. The molecule has 39 heavy (non-hydrogen) atoms. The number of para-hydroxylation sites is 1. The first kappa shape index (κ1) is 26.6. The number of nitrogens with zero attached hydrogens (tertiary/aromatic N) is 3. The number of aryl methyl sites for hydroxylation is 1. The van der Waals surface area contributed by atoms with Crippen LogP contribution < -0.4 is 9.64 Å². The van der Waals surface area contributed by atoms with E-state index in [1.807, 2.05) is 18.2 Å². The zero-order valence-electron chi connectivity index (χ0n) is 22.3. The largest absolute Gasteiger partial charge is 0.616 e. The van der Waals surface area contributed by atoms with Crippen molar-refractivity contribution in [1.82, 2.24) is 9.88 Å². The van der Waals surface area contributed by atoms with Crippen molar-refractivity contribution in [3.05, 3.63) is 64.5 Å². The number of carboxylic acid groups (broad SMARTS) is 1. The summed E-state index contributed by atoms with van der Waals surface area (Å²) >= 11 is 0.973. The van der Waals surface area contributed by atoms with Gasteiger partial charge < -0.3 is 19.3 Å². The van der Waals surface area contributed by atoms with Gasteiger partial charge in [0.05, 0.1) is 11.6 Å². The Bertz CT molecular complexity index is 1310.